The summed E-state index contributed by atoms with van der Waals surface area (Å²) in [5.74, 6) is 1.06. The standard InChI is InChI=1S/C12H16Cl3NS/c1-7(6-17-3)16-8(2)9-4-5-10(13)12(15)11(9)14/h4-5,7-8,16H,6H2,1-3H3. The van der Waals surface area contributed by atoms with Gasteiger partial charge in [0.1, 0.15) is 0 Å². The molecule has 0 fully saturated rings. The van der Waals surface area contributed by atoms with Gasteiger partial charge in [0.15, 0.2) is 0 Å². The quantitative estimate of drug-likeness (QED) is 0.764. The predicted octanol–water partition coefficient (Wildman–Crippen LogP) is 5.05. The molecule has 1 aromatic carbocycles. The second kappa shape index (κ2) is 7.10. The summed E-state index contributed by atoms with van der Waals surface area (Å²) in [6, 6.07) is 4.27. The van der Waals surface area contributed by atoms with Gasteiger partial charge < -0.3 is 5.32 Å². The molecule has 0 spiro atoms. The number of nitrogens with one attached hydrogen (secondary N) is 1. The van der Waals surface area contributed by atoms with Crippen molar-refractivity contribution in [3.63, 3.8) is 0 Å². The SMILES string of the molecule is CSCC(C)NC(C)c1ccc(Cl)c(Cl)c1Cl. The monoisotopic (exact) mass is 311 g/mol. The van der Waals surface area contributed by atoms with Crippen LogP contribution in [0.15, 0.2) is 12.1 Å². The number of hydrogen-bond acceptors (Lipinski definition) is 2. The lowest BCUT2D eigenvalue weighted by Crippen LogP contribution is -2.30. The zero-order valence-corrected chi connectivity index (χ0v) is 13.1. The molecule has 0 saturated carbocycles. The zero-order chi connectivity index (χ0) is 13.0. The van der Waals surface area contributed by atoms with Gasteiger partial charge in [-0.15, -0.1) is 0 Å². The van der Waals surface area contributed by atoms with E-state index < -0.39 is 0 Å². The molecule has 0 aliphatic carbocycles. The molecule has 0 aliphatic rings. The van der Waals surface area contributed by atoms with Crippen molar-refractivity contribution in [3.05, 3.63) is 32.8 Å². The number of hydrogen-bond donors (Lipinski definition) is 1. The molecule has 0 bridgehead atoms. The summed E-state index contributed by atoms with van der Waals surface area (Å²) in [5.41, 5.74) is 0.981. The molecule has 0 aliphatic heterocycles. The molecular formula is C12H16Cl3NS. The average Bonchev–Trinajstić information content (AvgIpc) is 2.26. The highest BCUT2D eigenvalue weighted by molar-refractivity contribution is 7.98. The van der Waals surface area contributed by atoms with Crippen LogP contribution in [-0.2, 0) is 0 Å². The molecule has 0 saturated heterocycles. The van der Waals surface area contributed by atoms with Crippen LogP contribution >= 0.6 is 46.6 Å². The van der Waals surface area contributed by atoms with E-state index in [0.717, 1.165) is 11.3 Å². The molecule has 17 heavy (non-hydrogen) atoms. The van der Waals surface area contributed by atoms with Crippen molar-refractivity contribution in [2.24, 2.45) is 0 Å². The van der Waals surface area contributed by atoms with Crippen LogP contribution in [-0.4, -0.2) is 18.1 Å². The molecule has 1 nitrogen and oxygen atoms in total. The zero-order valence-electron chi connectivity index (χ0n) is 10.1. The molecule has 0 heterocycles. The molecule has 1 N–H and O–H groups in total. The van der Waals surface area contributed by atoms with Gasteiger partial charge in [0.2, 0.25) is 0 Å². The summed E-state index contributed by atoms with van der Waals surface area (Å²) in [7, 11) is 0. The highest BCUT2D eigenvalue weighted by atomic mass is 35.5. The summed E-state index contributed by atoms with van der Waals surface area (Å²) in [5, 5.41) is 4.93. The Morgan fingerprint density at radius 2 is 1.82 bits per heavy atom. The average molecular weight is 313 g/mol. The second-order valence-electron chi connectivity index (χ2n) is 4.01. The summed E-state index contributed by atoms with van der Waals surface area (Å²) >= 11 is 19.9. The minimum Gasteiger partial charge on any atom is -0.307 e. The fraction of sp³-hybridized carbons (Fsp3) is 0.500. The highest BCUT2D eigenvalue weighted by Gasteiger charge is 2.15. The molecule has 96 valence electrons. The lowest BCUT2D eigenvalue weighted by molar-refractivity contribution is 0.511. The lowest BCUT2D eigenvalue weighted by Gasteiger charge is -2.21. The Labute approximate surface area is 122 Å². The molecule has 1 aromatic rings. The first-order valence-corrected chi connectivity index (χ1v) is 7.88. The second-order valence-corrected chi connectivity index (χ2v) is 6.08. The summed E-state index contributed by atoms with van der Waals surface area (Å²) < 4.78 is 0. The highest BCUT2D eigenvalue weighted by Crippen LogP contribution is 2.35. The van der Waals surface area contributed by atoms with Crippen molar-refractivity contribution in [1.29, 1.82) is 0 Å². The van der Waals surface area contributed by atoms with Gasteiger partial charge >= 0.3 is 0 Å². The Morgan fingerprint density at radius 3 is 2.41 bits per heavy atom. The Kier molecular flexibility index (Phi) is 6.46. The first kappa shape index (κ1) is 15.5. The number of thioether (sulfide) groups is 1. The van der Waals surface area contributed by atoms with Gasteiger partial charge in [-0.05, 0) is 31.7 Å². The fourth-order valence-electron chi connectivity index (χ4n) is 1.69. The van der Waals surface area contributed by atoms with E-state index in [1.54, 1.807) is 6.07 Å². The number of rotatable bonds is 5. The van der Waals surface area contributed by atoms with Crippen molar-refractivity contribution in [1.82, 2.24) is 5.32 Å². The topological polar surface area (TPSA) is 12.0 Å². The van der Waals surface area contributed by atoms with E-state index in [2.05, 4.69) is 25.4 Å². The minimum atomic E-state index is 0.152. The third kappa shape index (κ3) is 4.22. The molecule has 0 aromatic heterocycles. The summed E-state index contributed by atoms with van der Waals surface area (Å²) in [6.07, 6.45) is 2.09. The number of halogens is 3. The van der Waals surface area contributed by atoms with E-state index in [-0.39, 0.29) is 6.04 Å². The minimum absolute atomic E-state index is 0.152. The largest absolute Gasteiger partial charge is 0.307 e. The third-order valence-electron chi connectivity index (χ3n) is 2.48. The van der Waals surface area contributed by atoms with Gasteiger partial charge in [-0.2, -0.15) is 11.8 Å². The number of benzene rings is 1. The van der Waals surface area contributed by atoms with Crippen LogP contribution in [0, 0.1) is 0 Å². The maximum atomic E-state index is 6.19. The Hall–Kier alpha value is 0.400. The van der Waals surface area contributed by atoms with E-state index in [4.69, 9.17) is 34.8 Å². The van der Waals surface area contributed by atoms with Crippen molar-refractivity contribution in [3.8, 4) is 0 Å². The van der Waals surface area contributed by atoms with Gasteiger partial charge in [0.25, 0.3) is 0 Å². The van der Waals surface area contributed by atoms with E-state index in [1.165, 1.54) is 0 Å². The van der Waals surface area contributed by atoms with Crippen molar-refractivity contribution in [2.45, 2.75) is 25.9 Å². The lowest BCUT2D eigenvalue weighted by atomic mass is 10.1. The first-order valence-electron chi connectivity index (χ1n) is 5.35. The van der Waals surface area contributed by atoms with Gasteiger partial charge in [0.05, 0.1) is 15.1 Å². The Balaban J connectivity index is 2.82. The Morgan fingerprint density at radius 1 is 1.18 bits per heavy atom. The van der Waals surface area contributed by atoms with E-state index in [0.29, 0.717) is 21.1 Å². The van der Waals surface area contributed by atoms with Gasteiger partial charge in [-0.25, -0.2) is 0 Å². The maximum absolute atomic E-state index is 6.19. The predicted molar refractivity (Wildman–Crippen MR) is 80.9 cm³/mol. The maximum Gasteiger partial charge on any atom is 0.0781 e. The summed E-state index contributed by atoms with van der Waals surface area (Å²) in [4.78, 5) is 0. The van der Waals surface area contributed by atoms with E-state index >= 15 is 0 Å². The van der Waals surface area contributed by atoms with Crippen LogP contribution in [0.2, 0.25) is 15.1 Å². The van der Waals surface area contributed by atoms with Crippen molar-refractivity contribution in [2.75, 3.05) is 12.0 Å². The van der Waals surface area contributed by atoms with Gasteiger partial charge in [0, 0.05) is 17.8 Å². The molecule has 2 atom stereocenters. The molecule has 0 radical (unpaired) electrons. The van der Waals surface area contributed by atoms with Crippen LogP contribution in [0.5, 0.6) is 0 Å². The van der Waals surface area contributed by atoms with Crippen molar-refractivity contribution < 1.29 is 0 Å². The van der Waals surface area contributed by atoms with E-state index in [9.17, 15) is 0 Å². The van der Waals surface area contributed by atoms with Crippen LogP contribution in [0.25, 0.3) is 0 Å². The smallest absolute Gasteiger partial charge is 0.0781 e. The van der Waals surface area contributed by atoms with Crippen LogP contribution in [0.3, 0.4) is 0 Å². The molecule has 5 heteroatoms. The van der Waals surface area contributed by atoms with Crippen LogP contribution in [0.1, 0.15) is 25.5 Å². The van der Waals surface area contributed by atoms with Crippen LogP contribution in [0.4, 0.5) is 0 Å². The first-order chi connectivity index (χ1) is 7.97. The normalized spacial score (nSPS) is 14.7. The molecule has 0 amide bonds. The van der Waals surface area contributed by atoms with Gasteiger partial charge in [-0.1, -0.05) is 40.9 Å². The van der Waals surface area contributed by atoms with E-state index in [1.807, 2.05) is 17.8 Å². The van der Waals surface area contributed by atoms with Crippen LogP contribution < -0.4 is 5.32 Å². The molecule has 2 unspecified atom stereocenters. The molecular weight excluding hydrogens is 297 g/mol. The summed E-state index contributed by atoms with van der Waals surface area (Å²) in [6.45, 7) is 4.22. The van der Waals surface area contributed by atoms with Crippen molar-refractivity contribution >= 4 is 46.6 Å². The van der Waals surface area contributed by atoms with Gasteiger partial charge in [-0.3, -0.25) is 0 Å². The third-order valence-corrected chi connectivity index (χ3v) is 4.62. The fourth-order valence-corrected chi connectivity index (χ4v) is 2.99. The molecule has 1 rings (SSSR count). The Bertz CT molecular complexity index is 384.